The van der Waals surface area contributed by atoms with Gasteiger partial charge in [0.25, 0.3) is 5.91 Å². The standard InChI is InChI=1S/C26H36N4O4S/c1-33-24(31)9-3-2-6-12-29-13-10-20(11-14-29)26-28-22(19-35-26)25(32)27-21-7-4-5-8-23(21)30-15-17-34-18-16-30/h4-5,7-8,19-20H,2-3,6,9-18H2,1H3,(H,27,32). The third-order valence-corrected chi connectivity index (χ3v) is 7.79. The molecular formula is C26H36N4O4S. The molecule has 190 valence electrons. The van der Waals surface area contributed by atoms with Gasteiger partial charge in [-0.05, 0) is 57.5 Å². The lowest BCUT2D eigenvalue weighted by molar-refractivity contribution is -0.140. The van der Waals surface area contributed by atoms with E-state index in [0.717, 1.165) is 81.2 Å². The maximum Gasteiger partial charge on any atom is 0.305 e. The Hall–Kier alpha value is -2.49. The number of benzene rings is 1. The number of anilines is 2. The van der Waals surface area contributed by atoms with Gasteiger partial charge in [-0.3, -0.25) is 9.59 Å². The molecule has 1 amide bonds. The van der Waals surface area contributed by atoms with E-state index in [1.807, 2.05) is 29.6 Å². The monoisotopic (exact) mass is 500 g/mol. The van der Waals surface area contributed by atoms with Crippen LogP contribution in [0.1, 0.15) is 59.9 Å². The number of rotatable bonds is 10. The third-order valence-electron chi connectivity index (χ3n) is 6.78. The highest BCUT2D eigenvalue weighted by Crippen LogP contribution is 2.31. The lowest BCUT2D eigenvalue weighted by Crippen LogP contribution is -2.36. The Morgan fingerprint density at radius 1 is 1.11 bits per heavy atom. The van der Waals surface area contributed by atoms with Crippen molar-refractivity contribution in [1.29, 1.82) is 0 Å². The first-order chi connectivity index (χ1) is 17.1. The molecule has 8 nitrogen and oxygen atoms in total. The number of unbranched alkanes of at least 4 members (excludes halogenated alkanes) is 2. The second kappa shape index (κ2) is 13.0. The van der Waals surface area contributed by atoms with Crippen LogP contribution in [0.4, 0.5) is 11.4 Å². The first-order valence-corrected chi connectivity index (χ1v) is 13.5. The second-order valence-corrected chi connectivity index (χ2v) is 10.0. The summed E-state index contributed by atoms with van der Waals surface area (Å²) in [6.07, 6.45) is 5.69. The molecule has 4 rings (SSSR count). The van der Waals surface area contributed by atoms with Gasteiger partial charge in [0, 0.05) is 30.8 Å². The molecule has 1 aromatic heterocycles. The summed E-state index contributed by atoms with van der Waals surface area (Å²) in [5.74, 6) is 0.138. The Kier molecular flexibility index (Phi) is 9.50. The summed E-state index contributed by atoms with van der Waals surface area (Å²) in [5, 5.41) is 6.03. The van der Waals surface area contributed by atoms with Gasteiger partial charge in [-0.15, -0.1) is 11.3 Å². The van der Waals surface area contributed by atoms with Gasteiger partial charge in [0.1, 0.15) is 5.69 Å². The highest BCUT2D eigenvalue weighted by atomic mass is 32.1. The molecule has 0 aliphatic carbocycles. The highest BCUT2D eigenvalue weighted by Gasteiger charge is 2.24. The lowest BCUT2D eigenvalue weighted by Gasteiger charge is -2.31. The van der Waals surface area contributed by atoms with Crippen LogP contribution < -0.4 is 10.2 Å². The van der Waals surface area contributed by atoms with Crippen LogP contribution in [0.5, 0.6) is 0 Å². The van der Waals surface area contributed by atoms with Crippen LogP contribution in [0.15, 0.2) is 29.6 Å². The number of carbonyl (C=O) groups is 2. The van der Waals surface area contributed by atoms with E-state index in [1.165, 1.54) is 7.11 Å². The van der Waals surface area contributed by atoms with Crippen molar-refractivity contribution in [3.63, 3.8) is 0 Å². The summed E-state index contributed by atoms with van der Waals surface area (Å²) in [7, 11) is 1.44. The average Bonchev–Trinajstić information content (AvgIpc) is 3.40. The van der Waals surface area contributed by atoms with Crippen molar-refractivity contribution in [2.45, 2.75) is 44.4 Å². The number of likely N-dealkylation sites (tertiary alicyclic amines) is 1. The third kappa shape index (κ3) is 7.25. The number of esters is 1. The smallest absolute Gasteiger partial charge is 0.305 e. The normalized spacial score (nSPS) is 17.3. The summed E-state index contributed by atoms with van der Waals surface area (Å²) >= 11 is 1.60. The number of thiazole rings is 1. The quantitative estimate of drug-likeness (QED) is 0.388. The van der Waals surface area contributed by atoms with Crippen molar-refractivity contribution in [3.05, 3.63) is 40.3 Å². The first-order valence-electron chi connectivity index (χ1n) is 12.6. The summed E-state index contributed by atoms with van der Waals surface area (Å²) in [5.41, 5.74) is 2.33. The Morgan fingerprint density at radius 2 is 1.89 bits per heavy atom. The molecule has 0 spiro atoms. The van der Waals surface area contributed by atoms with Crippen LogP contribution in [0.25, 0.3) is 0 Å². The van der Waals surface area contributed by atoms with Gasteiger partial charge in [0.05, 0.1) is 36.7 Å². The number of methoxy groups -OCH3 is 1. The van der Waals surface area contributed by atoms with E-state index >= 15 is 0 Å². The zero-order valence-electron chi connectivity index (χ0n) is 20.5. The summed E-state index contributed by atoms with van der Waals surface area (Å²) in [6.45, 7) is 6.21. The van der Waals surface area contributed by atoms with Crippen molar-refractivity contribution in [3.8, 4) is 0 Å². The van der Waals surface area contributed by atoms with Gasteiger partial charge < -0.3 is 24.6 Å². The van der Waals surface area contributed by atoms with Gasteiger partial charge in [0.2, 0.25) is 0 Å². The molecule has 0 radical (unpaired) electrons. The number of piperidine rings is 1. The topological polar surface area (TPSA) is 84.0 Å². The van der Waals surface area contributed by atoms with Crippen molar-refractivity contribution in [1.82, 2.24) is 9.88 Å². The molecule has 2 aliphatic rings. The highest BCUT2D eigenvalue weighted by molar-refractivity contribution is 7.10. The maximum atomic E-state index is 13.0. The van der Waals surface area contributed by atoms with E-state index in [1.54, 1.807) is 11.3 Å². The molecule has 0 saturated carbocycles. The van der Waals surface area contributed by atoms with E-state index in [2.05, 4.69) is 15.1 Å². The maximum absolute atomic E-state index is 13.0. The van der Waals surface area contributed by atoms with E-state index in [-0.39, 0.29) is 11.9 Å². The van der Waals surface area contributed by atoms with Crippen LogP contribution in [-0.4, -0.2) is 74.8 Å². The minimum absolute atomic E-state index is 0.122. The fourth-order valence-corrected chi connectivity index (χ4v) is 5.68. The molecule has 9 heteroatoms. The Balaban J connectivity index is 1.24. The summed E-state index contributed by atoms with van der Waals surface area (Å²) in [4.78, 5) is 33.6. The van der Waals surface area contributed by atoms with Crippen LogP contribution in [0.3, 0.4) is 0 Å². The zero-order valence-corrected chi connectivity index (χ0v) is 21.4. The first kappa shape index (κ1) is 25.6. The fourth-order valence-electron chi connectivity index (χ4n) is 4.71. The van der Waals surface area contributed by atoms with Crippen LogP contribution in [-0.2, 0) is 14.3 Å². The molecule has 3 heterocycles. The zero-order chi connectivity index (χ0) is 24.5. The van der Waals surface area contributed by atoms with Gasteiger partial charge in [0.15, 0.2) is 0 Å². The molecular weight excluding hydrogens is 464 g/mol. The SMILES string of the molecule is COC(=O)CCCCCN1CCC(c2nc(C(=O)Nc3ccccc3N3CCOCC3)cs2)CC1. The van der Waals surface area contributed by atoms with Crippen LogP contribution in [0, 0.1) is 0 Å². The van der Waals surface area contributed by atoms with E-state index in [9.17, 15) is 9.59 Å². The Morgan fingerprint density at radius 3 is 2.66 bits per heavy atom. The molecule has 0 bridgehead atoms. The Bertz CT molecular complexity index is 968. The predicted molar refractivity (Wildman–Crippen MR) is 138 cm³/mol. The summed E-state index contributed by atoms with van der Waals surface area (Å²) < 4.78 is 10.2. The average molecular weight is 501 g/mol. The number of hydrogen-bond acceptors (Lipinski definition) is 8. The number of amides is 1. The van der Waals surface area contributed by atoms with E-state index in [0.29, 0.717) is 31.2 Å². The molecule has 0 atom stereocenters. The number of nitrogens with zero attached hydrogens (tertiary/aromatic N) is 3. The molecule has 1 aromatic carbocycles. The molecule has 1 N–H and O–H groups in total. The van der Waals surface area contributed by atoms with Crippen molar-refractivity contribution in [2.24, 2.45) is 0 Å². The van der Waals surface area contributed by atoms with Crippen LogP contribution in [0.2, 0.25) is 0 Å². The lowest BCUT2D eigenvalue weighted by atomic mass is 9.97. The van der Waals surface area contributed by atoms with E-state index in [4.69, 9.17) is 14.5 Å². The Labute approximate surface area is 211 Å². The van der Waals surface area contributed by atoms with Gasteiger partial charge in [-0.25, -0.2) is 4.98 Å². The number of para-hydroxylation sites is 2. The fraction of sp³-hybridized carbons (Fsp3) is 0.577. The van der Waals surface area contributed by atoms with E-state index < -0.39 is 0 Å². The molecule has 2 aliphatic heterocycles. The largest absolute Gasteiger partial charge is 0.469 e. The summed E-state index contributed by atoms with van der Waals surface area (Å²) in [6, 6.07) is 7.93. The van der Waals surface area contributed by atoms with Crippen molar-refractivity contribution in [2.75, 3.05) is 63.3 Å². The number of carbonyl (C=O) groups excluding carboxylic acids is 2. The molecule has 2 saturated heterocycles. The number of morpholine rings is 1. The molecule has 2 aromatic rings. The van der Waals surface area contributed by atoms with Crippen molar-refractivity contribution < 1.29 is 19.1 Å². The second-order valence-electron chi connectivity index (χ2n) is 9.14. The minimum atomic E-state index is -0.155. The van der Waals surface area contributed by atoms with Gasteiger partial charge >= 0.3 is 5.97 Å². The molecule has 35 heavy (non-hydrogen) atoms. The van der Waals surface area contributed by atoms with Gasteiger partial charge in [-0.2, -0.15) is 0 Å². The number of nitrogens with one attached hydrogen (secondary N) is 1. The van der Waals surface area contributed by atoms with Crippen molar-refractivity contribution >= 4 is 34.6 Å². The molecule has 0 unspecified atom stereocenters. The number of aromatic nitrogens is 1. The van der Waals surface area contributed by atoms with Gasteiger partial charge in [-0.1, -0.05) is 18.6 Å². The molecule has 2 fully saturated rings. The minimum Gasteiger partial charge on any atom is -0.469 e. The number of ether oxygens (including phenoxy) is 2. The van der Waals surface area contributed by atoms with Crippen LogP contribution >= 0.6 is 11.3 Å². The number of hydrogen-bond donors (Lipinski definition) is 1. The predicted octanol–water partition coefficient (Wildman–Crippen LogP) is 4.14.